The van der Waals surface area contributed by atoms with E-state index < -0.39 is 17.0 Å². The van der Waals surface area contributed by atoms with Gasteiger partial charge in [-0.3, -0.25) is 9.59 Å². The molecule has 20 heavy (non-hydrogen) atoms. The molecule has 1 aliphatic rings. The van der Waals surface area contributed by atoms with Crippen LogP contribution in [-0.2, 0) is 0 Å². The van der Waals surface area contributed by atoms with Crippen LogP contribution in [0.4, 0.5) is 4.39 Å². The van der Waals surface area contributed by atoms with Crippen molar-refractivity contribution >= 4 is 28.3 Å². The van der Waals surface area contributed by atoms with E-state index in [4.69, 9.17) is 16.9 Å². The third-order valence-corrected chi connectivity index (χ3v) is 3.65. The summed E-state index contributed by atoms with van der Waals surface area (Å²) in [6.45, 7) is 0. The highest BCUT2D eigenvalue weighted by molar-refractivity contribution is 6.31. The third kappa shape index (κ3) is 1.89. The number of halogens is 2. The van der Waals surface area contributed by atoms with Crippen LogP contribution in [0.3, 0.4) is 0 Å². The number of fused-ring (bicyclic) bond motifs is 1. The van der Waals surface area contributed by atoms with Gasteiger partial charge in [-0.05, 0) is 25.0 Å². The Kier molecular flexibility index (Phi) is 2.84. The third-order valence-electron chi connectivity index (χ3n) is 3.36. The van der Waals surface area contributed by atoms with E-state index in [1.807, 2.05) is 0 Å². The predicted molar refractivity (Wildman–Crippen MR) is 71.4 cm³/mol. The molecule has 1 fully saturated rings. The summed E-state index contributed by atoms with van der Waals surface area (Å²) in [5.41, 5.74) is -0.383. The number of ketones is 1. The highest BCUT2D eigenvalue weighted by Crippen LogP contribution is 2.37. The van der Waals surface area contributed by atoms with Crippen molar-refractivity contribution in [3.63, 3.8) is 0 Å². The van der Waals surface area contributed by atoms with E-state index in [-0.39, 0.29) is 22.0 Å². The van der Waals surface area contributed by atoms with E-state index in [0.29, 0.717) is 5.52 Å². The molecule has 0 spiro atoms. The number of hydrogen-bond acceptors (Lipinski definition) is 3. The summed E-state index contributed by atoms with van der Waals surface area (Å²) < 4.78 is 15.3. The van der Waals surface area contributed by atoms with Gasteiger partial charge in [0.2, 0.25) is 5.43 Å². The van der Waals surface area contributed by atoms with Crippen LogP contribution in [0.1, 0.15) is 29.2 Å². The number of Topliss-reactive ketones (excluding diaryl/α,β-unsaturated/α-hetero) is 1. The van der Waals surface area contributed by atoms with Crippen molar-refractivity contribution in [3.8, 4) is 6.07 Å². The molecule has 3 rings (SSSR count). The lowest BCUT2D eigenvalue weighted by molar-refractivity contribution is 0.105. The maximum absolute atomic E-state index is 13.6. The second kappa shape index (κ2) is 4.43. The first kappa shape index (κ1) is 12.8. The summed E-state index contributed by atoms with van der Waals surface area (Å²) in [7, 11) is 0. The summed E-state index contributed by atoms with van der Waals surface area (Å²) in [4.78, 5) is 23.7. The van der Waals surface area contributed by atoms with E-state index in [0.717, 1.165) is 18.9 Å². The Morgan fingerprint density at radius 1 is 1.45 bits per heavy atom. The topological polar surface area (TPSA) is 62.9 Å². The number of rotatable bonds is 2. The molecule has 0 aliphatic heterocycles. The first-order valence-electron chi connectivity index (χ1n) is 6.01. The summed E-state index contributed by atoms with van der Waals surface area (Å²) >= 11 is 5.76. The lowest BCUT2D eigenvalue weighted by Crippen LogP contribution is -2.18. The molecule has 4 nitrogen and oxygen atoms in total. The van der Waals surface area contributed by atoms with E-state index >= 15 is 0 Å². The molecule has 1 aromatic heterocycles. The van der Waals surface area contributed by atoms with E-state index in [2.05, 4.69) is 0 Å². The Balaban J connectivity index is 2.44. The van der Waals surface area contributed by atoms with Crippen LogP contribution in [0.15, 0.2) is 23.1 Å². The van der Waals surface area contributed by atoms with Gasteiger partial charge < -0.3 is 4.57 Å². The Labute approximate surface area is 118 Å². The highest BCUT2D eigenvalue weighted by atomic mass is 35.5. The van der Waals surface area contributed by atoms with Gasteiger partial charge in [0, 0.05) is 17.6 Å². The van der Waals surface area contributed by atoms with Gasteiger partial charge in [0.15, 0.2) is 0 Å². The zero-order valence-electron chi connectivity index (χ0n) is 10.2. The van der Waals surface area contributed by atoms with Gasteiger partial charge in [0.25, 0.3) is 5.78 Å². The van der Waals surface area contributed by atoms with Gasteiger partial charge in [0.1, 0.15) is 11.9 Å². The van der Waals surface area contributed by atoms with Crippen molar-refractivity contribution in [1.29, 1.82) is 5.26 Å². The Morgan fingerprint density at radius 3 is 2.75 bits per heavy atom. The predicted octanol–water partition coefficient (Wildman–Crippen LogP) is 2.84. The molecule has 1 saturated carbocycles. The molecular formula is C14H8ClFN2O2. The molecule has 0 radical (unpaired) electrons. The van der Waals surface area contributed by atoms with Gasteiger partial charge in [-0.2, -0.15) is 5.26 Å². The quantitative estimate of drug-likeness (QED) is 0.631. The number of carbonyl (C=O) groups is 1. The lowest BCUT2D eigenvalue weighted by Gasteiger charge is -2.11. The number of pyridine rings is 1. The fourth-order valence-corrected chi connectivity index (χ4v) is 2.38. The van der Waals surface area contributed by atoms with Crippen LogP contribution < -0.4 is 5.43 Å². The Bertz CT molecular complexity index is 847. The SMILES string of the molecule is N#CC(=O)c1cn(C2CC2)c2cc(Cl)c(F)cc2c1=O. The molecule has 100 valence electrons. The van der Waals surface area contributed by atoms with Crippen LogP contribution in [0.2, 0.25) is 5.02 Å². The zero-order valence-corrected chi connectivity index (χ0v) is 10.9. The number of nitriles is 1. The molecule has 6 heteroatoms. The number of benzene rings is 1. The van der Waals surface area contributed by atoms with Crippen LogP contribution in [0, 0.1) is 17.1 Å². The molecule has 0 saturated heterocycles. The van der Waals surface area contributed by atoms with Crippen LogP contribution in [0.5, 0.6) is 0 Å². The minimum atomic E-state index is -0.915. The number of nitrogens with zero attached hydrogens (tertiary/aromatic N) is 2. The van der Waals surface area contributed by atoms with Gasteiger partial charge in [-0.25, -0.2) is 4.39 Å². The summed E-state index contributed by atoms with van der Waals surface area (Å²) in [5, 5.41) is 8.68. The standard InChI is InChI=1S/C14H8ClFN2O2/c15-10-4-12-8(3-11(10)16)14(20)9(13(19)5-17)6-18(12)7-1-2-7/h3-4,6-7H,1-2H2. The Morgan fingerprint density at radius 2 is 2.15 bits per heavy atom. The highest BCUT2D eigenvalue weighted by Gasteiger charge is 2.27. The molecule has 0 atom stereocenters. The largest absolute Gasteiger partial charge is 0.343 e. The van der Waals surface area contributed by atoms with Gasteiger partial charge >= 0.3 is 0 Å². The summed E-state index contributed by atoms with van der Waals surface area (Å²) in [6.07, 6.45) is 3.20. The molecule has 1 heterocycles. The van der Waals surface area contributed by atoms with Crippen LogP contribution in [-0.4, -0.2) is 10.4 Å². The zero-order chi connectivity index (χ0) is 14.4. The van der Waals surface area contributed by atoms with Gasteiger partial charge in [-0.1, -0.05) is 11.6 Å². The minimum Gasteiger partial charge on any atom is -0.343 e. The molecule has 0 amide bonds. The maximum atomic E-state index is 13.6. The molecule has 1 aromatic carbocycles. The molecule has 0 N–H and O–H groups in total. The van der Waals surface area contributed by atoms with Crippen molar-refractivity contribution in [2.45, 2.75) is 18.9 Å². The first-order valence-corrected chi connectivity index (χ1v) is 6.39. The van der Waals surface area contributed by atoms with Crippen molar-refractivity contribution in [2.24, 2.45) is 0 Å². The Hall–Kier alpha value is -2.19. The molecule has 2 aromatic rings. The normalized spacial score (nSPS) is 14.2. The van der Waals surface area contributed by atoms with E-state index in [9.17, 15) is 14.0 Å². The summed E-state index contributed by atoms with van der Waals surface area (Å²) in [5.74, 6) is -1.64. The minimum absolute atomic E-state index is 0.0694. The van der Waals surface area contributed by atoms with Gasteiger partial charge in [0.05, 0.1) is 16.1 Å². The molecule has 1 aliphatic carbocycles. The number of aromatic nitrogens is 1. The fourth-order valence-electron chi connectivity index (χ4n) is 2.22. The maximum Gasteiger partial charge on any atom is 0.267 e. The fraction of sp³-hybridized carbons (Fsp3) is 0.214. The van der Waals surface area contributed by atoms with Gasteiger partial charge in [-0.15, -0.1) is 0 Å². The van der Waals surface area contributed by atoms with Crippen molar-refractivity contribution in [3.05, 3.63) is 45.0 Å². The van der Waals surface area contributed by atoms with E-state index in [1.165, 1.54) is 18.3 Å². The molecule has 0 bridgehead atoms. The van der Waals surface area contributed by atoms with E-state index in [1.54, 1.807) is 4.57 Å². The van der Waals surface area contributed by atoms with Crippen LogP contribution >= 0.6 is 11.6 Å². The second-order valence-corrected chi connectivity index (χ2v) is 5.14. The average molecular weight is 291 g/mol. The van der Waals surface area contributed by atoms with Crippen molar-refractivity contribution in [1.82, 2.24) is 4.57 Å². The van der Waals surface area contributed by atoms with Crippen LogP contribution in [0.25, 0.3) is 10.9 Å². The lowest BCUT2D eigenvalue weighted by atomic mass is 10.1. The number of hydrogen-bond donors (Lipinski definition) is 0. The van der Waals surface area contributed by atoms with Crippen molar-refractivity contribution < 1.29 is 9.18 Å². The molecule has 0 unspecified atom stereocenters. The molecular weight excluding hydrogens is 283 g/mol. The monoisotopic (exact) mass is 290 g/mol. The number of carbonyl (C=O) groups excluding carboxylic acids is 1. The van der Waals surface area contributed by atoms with Crippen molar-refractivity contribution in [2.75, 3.05) is 0 Å². The first-order chi connectivity index (χ1) is 9.52. The second-order valence-electron chi connectivity index (χ2n) is 4.73. The smallest absolute Gasteiger partial charge is 0.267 e. The average Bonchev–Trinajstić information content (AvgIpc) is 3.25. The summed E-state index contributed by atoms with van der Waals surface area (Å²) in [6, 6.07) is 3.99.